The highest BCUT2D eigenvalue weighted by atomic mass is 16.5. The third kappa shape index (κ3) is 26.5. The first-order chi connectivity index (χ1) is 19.0. The molecule has 39 heavy (non-hydrogen) atoms. The lowest BCUT2D eigenvalue weighted by atomic mass is 10.0. The maximum Gasteiger partial charge on any atom is 0.407 e. The summed E-state index contributed by atoms with van der Waals surface area (Å²) in [5.74, 6) is -0.0960. The molecule has 0 saturated carbocycles. The zero-order valence-corrected chi connectivity index (χ0v) is 26.3. The van der Waals surface area contributed by atoms with Gasteiger partial charge >= 0.3 is 6.09 Å². The molecular formula is C34H66N2O3. The number of carbonyl (C=O) groups is 2. The van der Waals surface area contributed by atoms with Crippen LogP contribution in [0.2, 0.25) is 0 Å². The molecule has 0 spiro atoms. The molecule has 0 aliphatic heterocycles. The molecule has 0 heterocycles. The molecule has 1 atom stereocenters. The van der Waals surface area contributed by atoms with E-state index in [0.29, 0.717) is 13.2 Å². The lowest BCUT2D eigenvalue weighted by Crippen LogP contribution is -2.50. The molecule has 5 nitrogen and oxygen atoms in total. The molecule has 0 aromatic heterocycles. The molecule has 0 saturated heterocycles. The predicted octanol–water partition coefficient (Wildman–Crippen LogP) is 10.0. The summed E-state index contributed by atoms with van der Waals surface area (Å²) in [7, 11) is 0. The fourth-order valence-corrected chi connectivity index (χ4v) is 4.96. The van der Waals surface area contributed by atoms with Gasteiger partial charge in [0.15, 0.2) is 0 Å². The standard InChI is InChI=1S/C34H66N2O3/c1-5-7-9-11-13-15-16-17-18-19-20-21-22-23-25-27-29-35-33(37)32(31(3)4)36-34(38)39-30-28-26-24-14-12-10-8-6-2/h6,31-32H,2,5,7-30H2,1,3-4H3,(H,35,37)(H,36,38)/t32-/m0/s1. The Balaban J connectivity index is 3.65. The number of allylic oxidation sites excluding steroid dienone is 1. The van der Waals surface area contributed by atoms with E-state index in [1.54, 1.807) is 0 Å². The molecule has 0 aliphatic rings. The van der Waals surface area contributed by atoms with Gasteiger partial charge in [-0.2, -0.15) is 0 Å². The second kappa shape index (κ2) is 29.5. The Hall–Kier alpha value is -1.52. The minimum absolute atomic E-state index is 0.0129. The van der Waals surface area contributed by atoms with Gasteiger partial charge in [0, 0.05) is 6.54 Å². The molecule has 2 amide bonds. The van der Waals surface area contributed by atoms with Crippen molar-refractivity contribution >= 4 is 12.0 Å². The zero-order chi connectivity index (χ0) is 28.8. The van der Waals surface area contributed by atoms with Crippen LogP contribution < -0.4 is 10.6 Å². The fourth-order valence-electron chi connectivity index (χ4n) is 4.96. The lowest BCUT2D eigenvalue weighted by Gasteiger charge is -2.21. The number of carbonyl (C=O) groups excluding carboxylic acids is 2. The Morgan fingerprint density at radius 2 is 1.10 bits per heavy atom. The summed E-state index contributed by atoms with van der Waals surface area (Å²) in [5, 5.41) is 5.77. The molecule has 0 aromatic carbocycles. The van der Waals surface area contributed by atoms with Gasteiger partial charge in [-0.15, -0.1) is 6.58 Å². The van der Waals surface area contributed by atoms with Gasteiger partial charge in [0.2, 0.25) is 5.91 Å². The molecule has 0 aliphatic carbocycles. The Labute approximate surface area is 243 Å². The Bertz CT molecular complexity index is 565. The summed E-state index contributed by atoms with van der Waals surface area (Å²) < 4.78 is 5.31. The van der Waals surface area contributed by atoms with Gasteiger partial charge in [-0.05, 0) is 31.6 Å². The van der Waals surface area contributed by atoms with Crippen molar-refractivity contribution in [3.63, 3.8) is 0 Å². The second-order valence-electron chi connectivity index (χ2n) is 11.8. The summed E-state index contributed by atoms with van der Waals surface area (Å²) in [5.41, 5.74) is 0. The van der Waals surface area contributed by atoms with E-state index in [2.05, 4.69) is 24.1 Å². The van der Waals surface area contributed by atoms with Gasteiger partial charge in [0.25, 0.3) is 0 Å². The van der Waals surface area contributed by atoms with Crippen molar-refractivity contribution < 1.29 is 14.3 Å². The van der Waals surface area contributed by atoms with Crippen LogP contribution in [0.4, 0.5) is 4.79 Å². The van der Waals surface area contributed by atoms with Crippen molar-refractivity contribution in [1.82, 2.24) is 10.6 Å². The number of hydrogen-bond acceptors (Lipinski definition) is 3. The molecular weight excluding hydrogens is 484 g/mol. The molecule has 0 rings (SSSR count). The fraction of sp³-hybridized carbons (Fsp3) is 0.882. The third-order valence-electron chi connectivity index (χ3n) is 7.59. The molecule has 230 valence electrons. The summed E-state index contributed by atoms with van der Waals surface area (Å²) >= 11 is 0. The van der Waals surface area contributed by atoms with E-state index in [-0.39, 0.29) is 11.8 Å². The second-order valence-corrected chi connectivity index (χ2v) is 11.8. The van der Waals surface area contributed by atoms with Gasteiger partial charge in [-0.1, -0.05) is 149 Å². The molecule has 0 unspecified atom stereocenters. The Kier molecular flexibility index (Phi) is 28.3. The molecule has 0 radical (unpaired) electrons. The minimum Gasteiger partial charge on any atom is -0.450 e. The lowest BCUT2D eigenvalue weighted by molar-refractivity contribution is -0.124. The van der Waals surface area contributed by atoms with E-state index in [1.165, 1.54) is 116 Å². The highest BCUT2D eigenvalue weighted by molar-refractivity contribution is 5.85. The van der Waals surface area contributed by atoms with Crippen molar-refractivity contribution in [2.24, 2.45) is 5.92 Å². The number of amides is 2. The first-order valence-electron chi connectivity index (χ1n) is 16.8. The summed E-state index contributed by atoms with van der Waals surface area (Å²) in [4.78, 5) is 24.8. The third-order valence-corrected chi connectivity index (χ3v) is 7.59. The van der Waals surface area contributed by atoms with Crippen LogP contribution in [0.5, 0.6) is 0 Å². The SMILES string of the molecule is C=CCCCCCCCCOC(=O)N[C@H](C(=O)NCCCCCCCCCCCCCCCCCC)C(C)C. The maximum absolute atomic E-state index is 12.6. The van der Waals surface area contributed by atoms with Crippen molar-refractivity contribution in [3.05, 3.63) is 12.7 Å². The molecule has 0 fully saturated rings. The number of nitrogens with one attached hydrogen (secondary N) is 2. The average molecular weight is 551 g/mol. The van der Waals surface area contributed by atoms with Gasteiger partial charge in [-0.3, -0.25) is 4.79 Å². The number of hydrogen-bond donors (Lipinski definition) is 2. The summed E-state index contributed by atoms with van der Waals surface area (Å²) in [6.45, 7) is 11.0. The Morgan fingerprint density at radius 3 is 1.56 bits per heavy atom. The highest BCUT2D eigenvalue weighted by Gasteiger charge is 2.24. The van der Waals surface area contributed by atoms with Crippen molar-refractivity contribution in [1.29, 1.82) is 0 Å². The van der Waals surface area contributed by atoms with Gasteiger partial charge in [-0.25, -0.2) is 4.79 Å². The quantitative estimate of drug-likeness (QED) is 0.0719. The van der Waals surface area contributed by atoms with Crippen LogP contribution in [0.1, 0.15) is 168 Å². The molecule has 2 N–H and O–H groups in total. The zero-order valence-electron chi connectivity index (χ0n) is 26.3. The van der Waals surface area contributed by atoms with E-state index < -0.39 is 12.1 Å². The molecule has 0 bridgehead atoms. The number of alkyl carbamates (subject to hydrolysis) is 1. The van der Waals surface area contributed by atoms with Crippen LogP contribution in [0, 0.1) is 5.92 Å². The van der Waals surface area contributed by atoms with Crippen molar-refractivity contribution in [2.75, 3.05) is 13.2 Å². The highest BCUT2D eigenvalue weighted by Crippen LogP contribution is 2.14. The van der Waals surface area contributed by atoms with E-state index in [1.807, 2.05) is 19.9 Å². The average Bonchev–Trinajstić information content (AvgIpc) is 2.92. The molecule has 0 aromatic rings. The number of rotatable bonds is 29. The number of unbranched alkanes of at least 4 members (excludes halogenated alkanes) is 21. The van der Waals surface area contributed by atoms with E-state index in [0.717, 1.165) is 32.1 Å². The van der Waals surface area contributed by atoms with E-state index >= 15 is 0 Å². The van der Waals surface area contributed by atoms with Crippen LogP contribution in [-0.4, -0.2) is 31.2 Å². The molecule has 5 heteroatoms. The van der Waals surface area contributed by atoms with Crippen LogP contribution in [0.3, 0.4) is 0 Å². The largest absolute Gasteiger partial charge is 0.450 e. The van der Waals surface area contributed by atoms with Crippen LogP contribution in [-0.2, 0) is 9.53 Å². The first kappa shape index (κ1) is 37.5. The van der Waals surface area contributed by atoms with Gasteiger partial charge in [0.1, 0.15) is 6.04 Å². The summed E-state index contributed by atoms with van der Waals surface area (Å²) in [6.07, 6.45) is 30.8. The smallest absolute Gasteiger partial charge is 0.407 e. The Morgan fingerprint density at radius 1 is 0.667 bits per heavy atom. The predicted molar refractivity (Wildman–Crippen MR) is 168 cm³/mol. The summed E-state index contributed by atoms with van der Waals surface area (Å²) in [6, 6.07) is -0.552. The van der Waals surface area contributed by atoms with Crippen molar-refractivity contribution in [3.8, 4) is 0 Å². The van der Waals surface area contributed by atoms with Gasteiger partial charge < -0.3 is 15.4 Å². The topological polar surface area (TPSA) is 67.4 Å². The van der Waals surface area contributed by atoms with E-state index in [4.69, 9.17) is 4.74 Å². The van der Waals surface area contributed by atoms with E-state index in [9.17, 15) is 9.59 Å². The first-order valence-corrected chi connectivity index (χ1v) is 16.8. The number of ether oxygens (including phenoxy) is 1. The maximum atomic E-state index is 12.6. The monoisotopic (exact) mass is 551 g/mol. The van der Waals surface area contributed by atoms with Crippen LogP contribution >= 0.6 is 0 Å². The van der Waals surface area contributed by atoms with Crippen LogP contribution in [0.15, 0.2) is 12.7 Å². The van der Waals surface area contributed by atoms with Crippen LogP contribution in [0.25, 0.3) is 0 Å². The van der Waals surface area contributed by atoms with Gasteiger partial charge in [0.05, 0.1) is 6.61 Å². The van der Waals surface area contributed by atoms with Crippen molar-refractivity contribution in [2.45, 2.75) is 174 Å². The minimum atomic E-state index is -0.552. The normalized spacial score (nSPS) is 11.9.